The summed E-state index contributed by atoms with van der Waals surface area (Å²) in [5.74, 6) is -7.80. The van der Waals surface area contributed by atoms with E-state index in [4.69, 9.17) is 29.7 Å². The summed E-state index contributed by atoms with van der Waals surface area (Å²) < 4.78 is 97.1. The second kappa shape index (κ2) is 15.5. The molecule has 2 aromatic heterocycles. The van der Waals surface area contributed by atoms with E-state index in [0.29, 0.717) is 6.54 Å². The number of carboxylic acids is 3. The maximum Gasteiger partial charge on any atom is 0.490 e. The Hall–Kier alpha value is -4.43. The summed E-state index contributed by atoms with van der Waals surface area (Å²) in [7, 11) is 1.96. The molecular weight excluding hydrogens is 641 g/mol. The normalized spacial score (nSPS) is 19.7. The van der Waals surface area contributed by atoms with Crippen LogP contribution in [0.3, 0.4) is 0 Å². The van der Waals surface area contributed by atoms with Crippen molar-refractivity contribution in [1.82, 2.24) is 25.0 Å². The largest absolute Gasteiger partial charge is 0.490 e. The number of aliphatic carboxylic acids is 3. The molecule has 45 heavy (non-hydrogen) atoms. The first-order chi connectivity index (χ1) is 20.5. The van der Waals surface area contributed by atoms with Crippen LogP contribution in [0.2, 0.25) is 0 Å². The number of nitrogens with one attached hydrogen (secondary N) is 1. The van der Waals surface area contributed by atoms with Crippen LogP contribution in [0.4, 0.5) is 39.5 Å². The summed E-state index contributed by atoms with van der Waals surface area (Å²) in [4.78, 5) is 46.2. The lowest BCUT2D eigenvalue weighted by Crippen LogP contribution is -2.51. The molecule has 4 N–H and O–H groups in total. The van der Waals surface area contributed by atoms with E-state index in [2.05, 4.69) is 21.5 Å². The number of nitrogens with zero attached hydrogens (tertiary/aromatic N) is 4. The molecule has 2 saturated heterocycles. The van der Waals surface area contributed by atoms with Gasteiger partial charge in [0.05, 0.1) is 5.41 Å². The van der Waals surface area contributed by atoms with Crippen molar-refractivity contribution >= 4 is 23.8 Å². The number of aryl methyl sites for hydroxylation is 1. The van der Waals surface area contributed by atoms with E-state index in [9.17, 15) is 44.3 Å². The van der Waals surface area contributed by atoms with Gasteiger partial charge in [0.15, 0.2) is 0 Å². The zero-order valence-electron chi connectivity index (χ0n) is 22.9. The van der Waals surface area contributed by atoms with E-state index in [0.717, 1.165) is 43.7 Å². The highest BCUT2D eigenvalue weighted by Crippen LogP contribution is 2.46. The first-order valence-electron chi connectivity index (χ1n) is 12.3. The molecule has 252 valence electrons. The van der Waals surface area contributed by atoms with Gasteiger partial charge in [-0.1, -0.05) is 0 Å². The molecule has 4 rings (SSSR count). The number of carbonyl (C=O) groups excluding carboxylic acids is 1. The quantitative estimate of drug-likeness (QED) is 0.356. The van der Waals surface area contributed by atoms with E-state index in [-0.39, 0.29) is 17.2 Å². The zero-order chi connectivity index (χ0) is 34.8. The molecule has 0 radical (unpaired) electrons. The predicted molar refractivity (Wildman–Crippen MR) is 131 cm³/mol. The molecule has 2 aliphatic heterocycles. The monoisotopic (exact) mass is 667 g/mol. The number of aromatic nitrogens is 3. The number of pyridine rings is 1. The third kappa shape index (κ3) is 11.5. The van der Waals surface area contributed by atoms with Gasteiger partial charge in [-0.2, -0.15) is 44.6 Å². The average molecular weight is 667 g/mol. The maximum atomic E-state index is 13.4. The Kier molecular flexibility index (Phi) is 13.3. The van der Waals surface area contributed by atoms with Crippen LogP contribution in [-0.4, -0.2) is 97.0 Å². The molecule has 4 heterocycles. The first-order valence-corrected chi connectivity index (χ1v) is 12.3. The number of hydrogen-bond donors (Lipinski definition) is 4. The lowest BCUT2D eigenvalue weighted by Gasteiger charge is -2.42. The lowest BCUT2D eigenvalue weighted by molar-refractivity contribution is -0.193. The van der Waals surface area contributed by atoms with Gasteiger partial charge in [-0.25, -0.2) is 14.4 Å². The number of likely N-dealkylation sites (tertiary alicyclic amines) is 1. The molecule has 1 spiro atoms. The van der Waals surface area contributed by atoms with Crippen LogP contribution in [0.1, 0.15) is 30.0 Å². The van der Waals surface area contributed by atoms with Crippen LogP contribution in [0, 0.1) is 5.41 Å². The van der Waals surface area contributed by atoms with Crippen molar-refractivity contribution in [3.05, 3.63) is 48.0 Å². The molecular formula is C24H26F9N5O7. The minimum atomic E-state index is -5.08. The number of carbonyl (C=O) groups is 4. The van der Waals surface area contributed by atoms with E-state index in [1.165, 1.54) is 0 Å². The highest BCUT2D eigenvalue weighted by molar-refractivity contribution is 5.85. The summed E-state index contributed by atoms with van der Waals surface area (Å²) in [5.41, 5.74) is 1.96. The number of amides is 1. The smallest absolute Gasteiger partial charge is 0.475 e. The van der Waals surface area contributed by atoms with E-state index < -0.39 is 36.4 Å². The fourth-order valence-electron chi connectivity index (χ4n) is 4.33. The van der Waals surface area contributed by atoms with Crippen LogP contribution < -0.4 is 5.32 Å². The molecule has 0 aromatic carbocycles. The molecule has 21 heteroatoms. The third-order valence-electron chi connectivity index (χ3n) is 6.29. The average Bonchev–Trinajstić information content (AvgIpc) is 3.53. The minimum absolute atomic E-state index is 0.192. The van der Waals surface area contributed by atoms with Crippen molar-refractivity contribution in [2.75, 3.05) is 19.6 Å². The predicted octanol–water partition coefficient (Wildman–Crippen LogP) is 3.21. The molecule has 2 fully saturated rings. The maximum absolute atomic E-state index is 13.4. The van der Waals surface area contributed by atoms with E-state index in [1.54, 1.807) is 12.4 Å². The molecule has 2 aromatic rings. The Labute approximate surface area is 247 Å². The lowest BCUT2D eigenvalue weighted by atomic mass is 9.70. The molecule has 0 unspecified atom stereocenters. The molecule has 0 aliphatic carbocycles. The van der Waals surface area contributed by atoms with Crippen molar-refractivity contribution in [3.8, 4) is 0 Å². The minimum Gasteiger partial charge on any atom is -0.475 e. The highest BCUT2D eigenvalue weighted by Gasteiger charge is 2.53. The molecule has 0 bridgehead atoms. The molecule has 2 atom stereocenters. The second-order valence-electron chi connectivity index (χ2n) is 9.31. The Bertz CT molecular complexity index is 1240. The van der Waals surface area contributed by atoms with Crippen LogP contribution in [-0.2, 0) is 32.8 Å². The second-order valence-corrected chi connectivity index (χ2v) is 9.31. The fraction of sp³-hybridized carbons (Fsp3) is 0.500. The van der Waals surface area contributed by atoms with Crippen molar-refractivity contribution in [2.24, 2.45) is 12.5 Å². The van der Waals surface area contributed by atoms with Crippen molar-refractivity contribution in [1.29, 1.82) is 0 Å². The van der Waals surface area contributed by atoms with Crippen molar-refractivity contribution < 1.29 is 74.0 Å². The van der Waals surface area contributed by atoms with Gasteiger partial charge in [0.2, 0.25) is 5.91 Å². The van der Waals surface area contributed by atoms with Crippen LogP contribution >= 0.6 is 0 Å². The van der Waals surface area contributed by atoms with Gasteiger partial charge in [-0.05, 0) is 36.6 Å². The topological polar surface area (TPSA) is 175 Å². The summed E-state index contributed by atoms with van der Waals surface area (Å²) in [6, 6.07) is 6.02. The fourth-order valence-corrected chi connectivity index (χ4v) is 4.33. The van der Waals surface area contributed by atoms with Gasteiger partial charge in [-0.3, -0.25) is 14.5 Å². The van der Waals surface area contributed by atoms with Crippen molar-refractivity contribution in [2.45, 2.75) is 43.8 Å². The molecule has 0 saturated carbocycles. The summed E-state index contributed by atoms with van der Waals surface area (Å²) >= 11 is 0. The summed E-state index contributed by atoms with van der Waals surface area (Å²) in [5, 5.41) is 29.1. The molecule has 1 amide bonds. The Morgan fingerprint density at radius 1 is 0.889 bits per heavy atom. The third-order valence-corrected chi connectivity index (χ3v) is 6.29. The zero-order valence-corrected chi connectivity index (χ0v) is 22.9. The van der Waals surface area contributed by atoms with Gasteiger partial charge in [0.1, 0.15) is 0 Å². The van der Waals surface area contributed by atoms with E-state index >= 15 is 0 Å². The number of piperidine rings is 1. The SMILES string of the molecule is Cn1nccc1[C@H]1CNC[C@@]12CCCN(Cc1ccncc1)C2=O.O=C(O)C(F)(F)F.O=C(O)C(F)(F)F.O=C(O)C(F)(F)F. The number of hydrogen-bond acceptors (Lipinski definition) is 7. The highest BCUT2D eigenvalue weighted by atomic mass is 19.4. The number of rotatable bonds is 3. The van der Waals surface area contributed by atoms with Crippen LogP contribution in [0.25, 0.3) is 0 Å². The van der Waals surface area contributed by atoms with Crippen molar-refractivity contribution in [3.63, 3.8) is 0 Å². The van der Waals surface area contributed by atoms with Gasteiger partial charge in [0.25, 0.3) is 0 Å². The standard InChI is InChI=1S/C18H23N5O.3C2HF3O2/c1-22-16(5-9-21-22)15-11-20-13-18(15)6-2-10-23(17(18)24)12-14-3-7-19-8-4-14;3*3-2(4,5)1(6)7/h3-5,7-9,15,20H,2,6,10-13H2,1H3;3*(H,6,7)/t15-,18+;;;/m1.../s1. The number of carboxylic acid groups (broad SMARTS) is 3. The Morgan fingerprint density at radius 3 is 1.76 bits per heavy atom. The van der Waals surface area contributed by atoms with Gasteiger partial charge in [0, 0.05) is 63.4 Å². The molecule has 2 aliphatic rings. The van der Waals surface area contributed by atoms with Gasteiger partial charge in [-0.15, -0.1) is 0 Å². The van der Waals surface area contributed by atoms with Gasteiger partial charge >= 0.3 is 36.4 Å². The van der Waals surface area contributed by atoms with Gasteiger partial charge < -0.3 is 25.5 Å². The van der Waals surface area contributed by atoms with Crippen LogP contribution in [0.15, 0.2) is 36.8 Å². The summed E-state index contributed by atoms with van der Waals surface area (Å²) in [6.07, 6.45) is -7.86. The Balaban J connectivity index is 0.000000396. The first kappa shape index (κ1) is 38.6. The van der Waals surface area contributed by atoms with E-state index in [1.807, 2.05) is 35.0 Å². The molecule has 12 nitrogen and oxygen atoms in total. The Morgan fingerprint density at radius 2 is 1.36 bits per heavy atom. The number of halogens is 9. The number of alkyl halides is 9. The summed E-state index contributed by atoms with van der Waals surface area (Å²) in [6.45, 7) is 3.10. The van der Waals surface area contributed by atoms with Crippen LogP contribution in [0.5, 0.6) is 0 Å².